The Bertz CT molecular complexity index is 604. The third-order valence-electron chi connectivity index (χ3n) is 2.67. The lowest BCUT2D eigenvalue weighted by Crippen LogP contribution is -2.28. The Kier molecular flexibility index (Phi) is 4.02. The van der Waals surface area contributed by atoms with E-state index in [9.17, 15) is 9.18 Å². The highest BCUT2D eigenvalue weighted by Gasteiger charge is 2.21. The van der Waals surface area contributed by atoms with Gasteiger partial charge in [-0.05, 0) is 18.2 Å². The lowest BCUT2D eigenvalue weighted by atomic mass is 10.1. The van der Waals surface area contributed by atoms with Gasteiger partial charge in [-0.1, -0.05) is 41.9 Å². The number of rotatable bonds is 4. The molecule has 0 spiro atoms. The Morgan fingerprint density at radius 3 is 2.42 bits per heavy atom. The van der Waals surface area contributed by atoms with Crippen LogP contribution in [0.25, 0.3) is 0 Å². The summed E-state index contributed by atoms with van der Waals surface area (Å²) in [6, 6.07) is 11.9. The molecule has 0 radical (unpaired) electrons. The summed E-state index contributed by atoms with van der Waals surface area (Å²) in [6.45, 7) is 0. The number of para-hydroxylation sites is 1. The van der Waals surface area contributed by atoms with E-state index >= 15 is 0 Å². The largest absolute Gasteiger partial charge is 0.369 e. The van der Waals surface area contributed by atoms with Gasteiger partial charge in [0, 0.05) is 5.56 Å². The maximum absolute atomic E-state index is 13.7. The Labute approximate surface area is 115 Å². The summed E-state index contributed by atoms with van der Waals surface area (Å²) in [5, 5.41) is 3.29. The number of anilines is 1. The third-order valence-corrected chi connectivity index (χ3v) is 3.00. The highest BCUT2D eigenvalue weighted by atomic mass is 35.5. The van der Waals surface area contributed by atoms with Crippen LogP contribution in [0, 0.1) is 5.82 Å². The summed E-state index contributed by atoms with van der Waals surface area (Å²) in [4.78, 5) is 11.5. The first kappa shape index (κ1) is 13.4. The van der Waals surface area contributed by atoms with Gasteiger partial charge in [-0.25, -0.2) is 4.39 Å². The average molecular weight is 279 g/mol. The highest BCUT2D eigenvalue weighted by molar-refractivity contribution is 6.33. The number of halogens is 2. The van der Waals surface area contributed by atoms with Gasteiger partial charge in [-0.3, -0.25) is 4.79 Å². The van der Waals surface area contributed by atoms with Crippen LogP contribution < -0.4 is 11.1 Å². The lowest BCUT2D eigenvalue weighted by Gasteiger charge is -2.18. The number of nitrogens with two attached hydrogens (primary N) is 1. The van der Waals surface area contributed by atoms with Crippen LogP contribution in [0.3, 0.4) is 0 Å². The summed E-state index contributed by atoms with van der Waals surface area (Å²) in [6.07, 6.45) is 0. The smallest absolute Gasteiger partial charge is 0.244 e. The molecule has 1 amide bonds. The van der Waals surface area contributed by atoms with E-state index in [-0.39, 0.29) is 5.56 Å². The first-order valence-corrected chi connectivity index (χ1v) is 6.02. The Morgan fingerprint density at radius 1 is 1.16 bits per heavy atom. The topological polar surface area (TPSA) is 55.1 Å². The van der Waals surface area contributed by atoms with Crippen LogP contribution in [0.5, 0.6) is 0 Å². The van der Waals surface area contributed by atoms with Gasteiger partial charge < -0.3 is 11.1 Å². The Morgan fingerprint density at radius 2 is 1.79 bits per heavy atom. The summed E-state index contributed by atoms with van der Waals surface area (Å²) in [5.41, 5.74) is 6.04. The van der Waals surface area contributed by atoms with Crippen molar-refractivity contribution in [3.8, 4) is 0 Å². The van der Waals surface area contributed by atoms with Crippen molar-refractivity contribution in [2.75, 3.05) is 5.32 Å². The van der Waals surface area contributed by atoms with E-state index in [0.29, 0.717) is 10.7 Å². The predicted octanol–water partition coefficient (Wildman–Crippen LogP) is 3.12. The fraction of sp³-hybridized carbons (Fsp3) is 0.0714. The van der Waals surface area contributed by atoms with Gasteiger partial charge in [0.25, 0.3) is 0 Å². The van der Waals surface area contributed by atoms with E-state index in [1.165, 1.54) is 12.1 Å². The third kappa shape index (κ3) is 3.03. The molecular weight excluding hydrogens is 267 g/mol. The van der Waals surface area contributed by atoms with Crippen LogP contribution in [-0.4, -0.2) is 5.91 Å². The quantitative estimate of drug-likeness (QED) is 0.903. The number of hydrogen-bond donors (Lipinski definition) is 2. The molecule has 19 heavy (non-hydrogen) atoms. The first-order chi connectivity index (χ1) is 9.09. The molecule has 2 rings (SSSR count). The zero-order chi connectivity index (χ0) is 13.8. The minimum absolute atomic E-state index is 0.190. The van der Waals surface area contributed by atoms with E-state index in [1.807, 2.05) is 0 Å². The summed E-state index contributed by atoms with van der Waals surface area (Å²) < 4.78 is 13.7. The molecule has 0 aliphatic rings. The summed E-state index contributed by atoms with van der Waals surface area (Å²) in [7, 11) is 0. The molecular formula is C14H12ClFN2O. The number of amides is 1. The second kappa shape index (κ2) is 5.71. The maximum Gasteiger partial charge on any atom is 0.244 e. The van der Waals surface area contributed by atoms with E-state index in [4.69, 9.17) is 17.3 Å². The minimum Gasteiger partial charge on any atom is -0.369 e. The number of nitrogens with one attached hydrogen (secondary N) is 1. The van der Waals surface area contributed by atoms with Gasteiger partial charge in [0.2, 0.25) is 5.91 Å². The molecule has 3 nitrogen and oxygen atoms in total. The summed E-state index contributed by atoms with van der Waals surface area (Å²) in [5.74, 6) is -1.17. The van der Waals surface area contributed by atoms with E-state index in [0.717, 1.165) is 0 Å². The molecule has 1 atom stereocenters. The van der Waals surface area contributed by atoms with Crippen molar-refractivity contribution in [1.29, 1.82) is 0 Å². The number of carbonyl (C=O) groups is 1. The van der Waals surface area contributed by atoms with Crippen LogP contribution in [0.15, 0.2) is 48.5 Å². The van der Waals surface area contributed by atoms with Gasteiger partial charge in [-0.15, -0.1) is 0 Å². The van der Waals surface area contributed by atoms with E-state index in [2.05, 4.69) is 5.32 Å². The fourth-order valence-corrected chi connectivity index (χ4v) is 1.94. The molecule has 2 aromatic carbocycles. The first-order valence-electron chi connectivity index (χ1n) is 5.64. The zero-order valence-corrected chi connectivity index (χ0v) is 10.7. The van der Waals surface area contributed by atoms with Crippen molar-refractivity contribution < 1.29 is 9.18 Å². The van der Waals surface area contributed by atoms with Crippen LogP contribution >= 0.6 is 11.6 Å². The molecule has 0 saturated carbocycles. The molecule has 5 heteroatoms. The molecule has 0 bridgehead atoms. The molecule has 0 aromatic heterocycles. The molecule has 0 aliphatic heterocycles. The normalized spacial score (nSPS) is 11.9. The van der Waals surface area contributed by atoms with Crippen molar-refractivity contribution in [2.45, 2.75) is 6.04 Å². The van der Waals surface area contributed by atoms with Crippen molar-refractivity contribution in [2.24, 2.45) is 5.73 Å². The second-order valence-corrected chi connectivity index (χ2v) is 4.39. The van der Waals surface area contributed by atoms with Crippen molar-refractivity contribution in [1.82, 2.24) is 0 Å². The molecule has 0 aliphatic carbocycles. The van der Waals surface area contributed by atoms with Crippen LogP contribution in [0.2, 0.25) is 5.02 Å². The second-order valence-electron chi connectivity index (χ2n) is 3.98. The van der Waals surface area contributed by atoms with Crippen LogP contribution in [-0.2, 0) is 4.79 Å². The number of carbonyl (C=O) groups excluding carboxylic acids is 1. The summed E-state index contributed by atoms with van der Waals surface area (Å²) >= 11 is 5.99. The number of hydrogen-bond acceptors (Lipinski definition) is 2. The van der Waals surface area contributed by atoms with E-state index < -0.39 is 17.8 Å². The highest BCUT2D eigenvalue weighted by Crippen LogP contribution is 2.26. The van der Waals surface area contributed by atoms with Crippen LogP contribution in [0.4, 0.5) is 10.1 Å². The molecule has 1 unspecified atom stereocenters. The SMILES string of the molecule is NC(=O)C(Nc1ccccc1Cl)c1ccccc1F. The van der Waals surface area contributed by atoms with Gasteiger partial charge in [0.05, 0.1) is 10.7 Å². The Balaban J connectivity index is 2.35. The van der Waals surface area contributed by atoms with Crippen LogP contribution in [0.1, 0.15) is 11.6 Å². The van der Waals surface area contributed by atoms with E-state index in [1.54, 1.807) is 36.4 Å². The fourth-order valence-electron chi connectivity index (χ4n) is 1.75. The van der Waals surface area contributed by atoms with Crippen molar-refractivity contribution >= 4 is 23.2 Å². The van der Waals surface area contributed by atoms with Gasteiger partial charge in [-0.2, -0.15) is 0 Å². The lowest BCUT2D eigenvalue weighted by molar-refractivity contribution is -0.118. The number of primary amides is 1. The van der Waals surface area contributed by atoms with Gasteiger partial charge >= 0.3 is 0 Å². The standard InChI is InChI=1S/C14H12ClFN2O/c15-10-6-2-4-8-12(10)18-13(14(17)19)9-5-1-3-7-11(9)16/h1-8,13,18H,(H2,17,19). The zero-order valence-electron chi connectivity index (χ0n) is 9.94. The van der Waals surface area contributed by atoms with Crippen molar-refractivity contribution in [3.63, 3.8) is 0 Å². The molecule has 2 aromatic rings. The molecule has 98 valence electrons. The average Bonchev–Trinajstić information content (AvgIpc) is 2.38. The Hall–Kier alpha value is -2.07. The molecule has 0 saturated heterocycles. The molecule has 0 fully saturated rings. The monoisotopic (exact) mass is 278 g/mol. The predicted molar refractivity (Wildman–Crippen MR) is 73.4 cm³/mol. The van der Waals surface area contributed by atoms with Gasteiger partial charge in [0.1, 0.15) is 11.9 Å². The molecule has 3 N–H and O–H groups in total. The molecule has 0 heterocycles. The number of benzene rings is 2. The minimum atomic E-state index is -0.971. The van der Waals surface area contributed by atoms with Gasteiger partial charge in [0.15, 0.2) is 0 Å². The van der Waals surface area contributed by atoms with Crippen molar-refractivity contribution in [3.05, 3.63) is 64.9 Å². The maximum atomic E-state index is 13.7.